The van der Waals surface area contributed by atoms with E-state index in [2.05, 4.69) is 0 Å². The van der Waals surface area contributed by atoms with Crippen LogP contribution in [-0.2, 0) is 10.5 Å². The summed E-state index contributed by atoms with van der Waals surface area (Å²) < 4.78 is 5.37. The van der Waals surface area contributed by atoms with Crippen molar-refractivity contribution in [1.82, 2.24) is 4.90 Å². The lowest BCUT2D eigenvalue weighted by atomic mass is 10.1. The summed E-state index contributed by atoms with van der Waals surface area (Å²) in [6, 6.07) is 7.63. The van der Waals surface area contributed by atoms with Crippen molar-refractivity contribution in [3.05, 3.63) is 35.4 Å². The number of benzene rings is 1. The summed E-state index contributed by atoms with van der Waals surface area (Å²) in [6.45, 7) is 0.631. The van der Waals surface area contributed by atoms with Crippen LogP contribution in [0.4, 0.5) is 0 Å². The van der Waals surface area contributed by atoms with E-state index in [0.29, 0.717) is 6.61 Å². The Hall–Kier alpha value is -1.35. The van der Waals surface area contributed by atoms with Gasteiger partial charge in [-0.2, -0.15) is 0 Å². The normalized spacial score (nSPS) is 29.6. The topological polar surface area (TPSA) is 32.8 Å². The minimum atomic E-state index is -0.409. The number of fused-ring (bicyclic) bond motifs is 2. The molecule has 2 heterocycles. The zero-order valence-electron chi connectivity index (χ0n) is 7.28. The molecule has 1 unspecified atom stereocenters. The van der Waals surface area contributed by atoms with E-state index in [0.717, 1.165) is 11.1 Å². The van der Waals surface area contributed by atoms with Crippen LogP contribution in [-0.4, -0.2) is 24.5 Å². The van der Waals surface area contributed by atoms with E-state index in [4.69, 9.17) is 4.74 Å². The molecular formula is C10H9NO2. The van der Waals surface area contributed by atoms with Crippen molar-refractivity contribution in [2.24, 2.45) is 0 Å². The van der Waals surface area contributed by atoms with Crippen LogP contribution in [0.2, 0.25) is 0 Å². The van der Waals surface area contributed by atoms with Gasteiger partial charge in [0.05, 0.1) is 0 Å². The third-order valence-corrected chi connectivity index (χ3v) is 2.84. The van der Waals surface area contributed by atoms with Crippen LogP contribution in [0.15, 0.2) is 24.3 Å². The van der Waals surface area contributed by atoms with E-state index >= 15 is 0 Å². The highest BCUT2D eigenvalue weighted by atomic mass is 16.6. The lowest BCUT2D eigenvalue weighted by Crippen LogP contribution is -2.30. The van der Waals surface area contributed by atoms with Crippen molar-refractivity contribution >= 4 is 5.91 Å². The van der Waals surface area contributed by atoms with Crippen LogP contribution in [0.5, 0.6) is 0 Å². The van der Waals surface area contributed by atoms with Crippen molar-refractivity contribution in [3.63, 3.8) is 0 Å². The van der Waals surface area contributed by atoms with Gasteiger partial charge in [-0.3, -0.25) is 4.79 Å². The van der Waals surface area contributed by atoms with E-state index in [9.17, 15) is 4.79 Å². The Morgan fingerprint density at radius 2 is 2.15 bits per heavy atom. The van der Waals surface area contributed by atoms with Gasteiger partial charge in [-0.25, -0.2) is 0 Å². The molecular weight excluding hydrogens is 166 g/mol. The fourth-order valence-electron chi connectivity index (χ4n) is 1.95. The molecule has 1 atom stereocenters. The zero-order valence-corrected chi connectivity index (χ0v) is 7.28. The lowest BCUT2D eigenvalue weighted by Gasteiger charge is -2.14. The van der Waals surface area contributed by atoms with E-state index in [1.165, 1.54) is 0 Å². The molecule has 2 aliphatic heterocycles. The summed E-state index contributed by atoms with van der Waals surface area (Å²) in [5, 5.41) is 0. The van der Waals surface area contributed by atoms with Crippen LogP contribution in [0.3, 0.4) is 0 Å². The van der Waals surface area contributed by atoms with Gasteiger partial charge in [0.2, 0.25) is 0 Å². The fraction of sp³-hybridized carbons (Fsp3) is 0.300. The molecule has 0 aromatic heterocycles. The van der Waals surface area contributed by atoms with Gasteiger partial charge in [0.15, 0.2) is 5.72 Å². The van der Waals surface area contributed by atoms with E-state index in [-0.39, 0.29) is 5.91 Å². The number of epoxide rings is 1. The van der Waals surface area contributed by atoms with Crippen molar-refractivity contribution in [2.75, 3.05) is 13.7 Å². The first-order valence-corrected chi connectivity index (χ1v) is 4.27. The maximum Gasteiger partial charge on any atom is 0.256 e. The van der Waals surface area contributed by atoms with Gasteiger partial charge in [0, 0.05) is 18.2 Å². The molecule has 1 aromatic rings. The lowest BCUT2D eigenvalue weighted by molar-refractivity contribution is 0.0616. The number of hydrogen-bond donors (Lipinski definition) is 0. The number of carbonyl (C=O) groups excluding carboxylic acids is 1. The minimum Gasteiger partial charge on any atom is -0.343 e. The van der Waals surface area contributed by atoms with E-state index in [1.54, 1.807) is 11.9 Å². The molecule has 13 heavy (non-hydrogen) atoms. The number of carbonyl (C=O) groups is 1. The Bertz CT molecular complexity index is 396. The van der Waals surface area contributed by atoms with Gasteiger partial charge >= 0.3 is 0 Å². The summed E-state index contributed by atoms with van der Waals surface area (Å²) in [6.07, 6.45) is 0. The number of likely N-dealkylation sites (N-methyl/N-ethyl adjacent to an activating group) is 1. The van der Waals surface area contributed by atoms with Crippen molar-refractivity contribution in [3.8, 4) is 0 Å². The Labute approximate surface area is 75.9 Å². The SMILES string of the molecule is CN1C(=O)c2ccccc2C12CO2. The first-order valence-electron chi connectivity index (χ1n) is 4.27. The van der Waals surface area contributed by atoms with Gasteiger partial charge in [-0.05, 0) is 6.07 Å². The Balaban J connectivity index is 2.28. The number of hydrogen-bond acceptors (Lipinski definition) is 2. The van der Waals surface area contributed by atoms with E-state index < -0.39 is 5.72 Å². The number of rotatable bonds is 0. The third kappa shape index (κ3) is 0.664. The molecule has 1 saturated heterocycles. The number of nitrogens with zero attached hydrogens (tertiary/aromatic N) is 1. The van der Waals surface area contributed by atoms with Gasteiger partial charge in [-0.15, -0.1) is 0 Å². The molecule has 66 valence electrons. The largest absolute Gasteiger partial charge is 0.343 e. The smallest absolute Gasteiger partial charge is 0.256 e. The quantitative estimate of drug-likeness (QED) is 0.550. The zero-order chi connectivity index (χ0) is 9.05. The molecule has 0 saturated carbocycles. The number of ether oxygens (including phenoxy) is 1. The average molecular weight is 175 g/mol. The van der Waals surface area contributed by atoms with Gasteiger partial charge in [0.1, 0.15) is 6.61 Å². The molecule has 1 fully saturated rings. The average Bonchev–Trinajstić information content (AvgIpc) is 2.93. The predicted molar refractivity (Wildman–Crippen MR) is 46.2 cm³/mol. The predicted octanol–water partition coefficient (Wildman–Crippen LogP) is 0.955. The minimum absolute atomic E-state index is 0.0631. The second kappa shape index (κ2) is 1.93. The Morgan fingerprint density at radius 3 is 2.85 bits per heavy atom. The highest BCUT2D eigenvalue weighted by Crippen LogP contribution is 2.48. The highest BCUT2D eigenvalue weighted by molar-refractivity contribution is 6.00. The Kier molecular flexibility index (Phi) is 1.05. The maximum absolute atomic E-state index is 11.7. The molecule has 3 heteroatoms. The van der Waals surface area contributed by atoms with E-state index in [1.807, 2.05) is 24.3 Å². The van der Waals surface area contributed by atoms with Crippen LogP contribution in [0.25, 0.3) is 0 Å². The van der Waals surface area contributed by atoms with Gasteiger partial charge in [0.25, 0.3) is 5.91 Å². The molecule has 0 bridgehead atoms. The van der Waals surface area contributed by atoms with Gasteiger partial charge in [-0.1, -0.05) is 18.2 Å². The molecule has 0 radical (unpaired) electrons. The molecule has 3 rings (SSSR count). The molecule has 3 nitrogen and oxygen atoms in total. The first kappa shape index (κ1) is 7.09. The molecule has 2 aliphatic rings. The van der Waals surface area contributed by atoms with Crippen LogP contribution >= 0.6 is 0 Å². The highest BCUT2D eigenvalue weighted by Gasteiger charge is 2.58. The summed E-state index contributed by atoms with van der Waals surface area (Å²) in [4.78, 5) is 13.4. The second-order valence-corrected chi connectivity index (χ2v) is 3.48. The molecule has 0 aliphatic carbocycles. The van der Waals surface area contributed by atoms with Crippen LogP contribution < -0.4 is 0 Å². The third-order valence-electron chi connectivity index (χ3n) is 2.84. The van der Waals surface area contributed by atoms with Crippen LogP contribution in [0.1, 0.15) is 15.9 Å². The van der Waals surface area contributed by atoms with Crippen LogP contribution in [0, 0.1) is 0 Å². The monoisotopic (exact) mass is 175 g/mol. The summed E-state index contributed by atoms with van der Waals surface area (Å²) in [5.74, 6) is 0.0631. The standard InChI is InChI=1S/C10H9NO2/c1-11-9(12)7-4-2-3-5-8(7)10(11)6-13-10/h2-5H,6H2,1H3. The Morgan fingerprint density at radius 1 is 1.46 bits per heavy atom. The molecule has 1 aromatic carbocycles. The second-order valence-electron chi connectivity index (χ2n) is 3.48. The summed E-state index contributed by atoms with van der Waals surface area (Å²) in [5.41, 5.74) is 1.39. The fourth-order valence-corrected chi connectivity index (χ4v) is 1.95. The maximum atomic E-state index is 11.7. The van der Waals surface area contributed by atoms with Crippen molar-refractivity contribution in [2.45, 2.75) is 5.72 Å². The molecule has 0 N–H and O–H groups in total. The summed E-state index contributed by atoms with van der Waals surface area (Å²) >= 11 is 0. The molecule has 1 spiro atoms. The van der Waals surface area contributed by atoms with Crippen molar-refractivity contribution < 1.29 is 9.53 Å². The van der Waals surface area contributed by atoms with Crippen molar-refractivity contribution in [1.29, 1.82) is 0 Å². The summed E-state index contributed by atoms with van der Waals surface area (Å²) in [7, 11) is 1.79. The molecule has 1 amide bonds. The van der Waals surface area contributed by atoms with Gasteiger partial charge < -0.3 is 9.64 Å². The number of amides is 1. The first-order chi connectivity index (χ1) is 6.26.